The molecule has 0 saturated carbocycles. The van der Waals surface area contributed by atoms with E-state index in [0.717, 1.165) is 38.6 Å². The molecule has 0 aliphatic carbocycles. The second-order valence-electron chi connectivity index (χ2n) is 6.54. The highest BCUT2D eigenvalue weighted by molar-refractivity contribution is 5.98. The van der Waals surface area contributed by atoms with Crippen LogP contribution in [-0.2, 0) is 11.2 Å². The van der Waals surface area contributed by atoms with E-state index in [1.807, 2.05) is 58.2 Å². The lowest BCUT2D eigenvalue weighted by Crippen LogP contribution is -2.34. The average Bonchev–Trinajstić information content (AvgIpc) is 3.36. The number of nitrogens with one attached hydrogen (secondary N) is 4. The van der Waals surface area contributed by atoms with E-state index < -0.39 is 0 Å². The topological polar surface area (TPSA) is 93.5 Å². The fraction of sp³-hybridized carbons (Fsp3) is 0.333. The zero-order valence-corrected chi connectivity index (χ0v) is 18.6. The van der Waals surface area contributed by atoms with Gasteiger partial charge in [-0.15, -0.1) is 0 Å². The molecule has 0 aliphatic rings. The molecule has 2 heterocycles. The fourth-order valence-corrected chi connectivity index (χ4v) is 3.49. The monoisotopic (exact) mass is 408 g/mol. The summed E-state index contributed by atoms with van der Waals surface area (Å²) < 4.78 is 0. The van der Waals surface area contributed by atoms with Crippen LogP contribution in [0.15, 0.2) is 47.4 Å². The smallest absolute Gasteiger partial charge is 0.323 e. The van der Waals surface area contributed by atoms with Crippen molar-refractivity contribution in [3.05, 3.63) is 58.6 Å². The molecule has 1 atom stereocenters. The second kappa shape index (κ2) is 10.6. The van der Waals surface area contributed by atoms with Crippen LogP contribution in [0.4, 0.5) is 0 Å². The highest BCUT2D eigenvalue weighted by Crippen LogP contribution is 2.31. The summed E-state index contributed by atoms with van der Waals surface area (Å²) in [6.07, 6.45) is 2.61. The zero-order chi connectivity index (χ0) is 22.3. The van der Waals surface area contributed by atoms with E-state index in [0.29, 0.717) is 6.42 Å². The van der Waals surface area contributed by atoms with Crippen LogP contribution in [0, 0.1) is 0 Å². The van der Waals surface area contributed by atoms with Crippen LogP contribution in [0.25, 0.3) is 33.1 Å². The summed E-state index contributed by atoms with van der Waals surface area (Å²) in [5.41, 5.74) is 5.56. The number of imidazole rings is 1. The number of rotatable bonds is 5. The fourth-order valence-electron chi connectivity index (χ4n) is 3.49. The van der Waals surface area contributed by atoms with Gasteiger partial charge in [0.25, 0.3) is 0 Å². The molecule has 6 heteroatoms. The summed E-state index contributed by atoms with van der Waals surface area (Å²) in [6.45, 7) is 9.61. The lowest BCUT2D eigenvalue weighted by molar-refractivity contribution is -0.118. The Hall–Kier alpha value is -3.12. The summed E-state index contributed by atoms with van der Waals surface area (Å²) in [7, 11) is 1.80. The third-order valence-corrected chi connectivity index (χ3v) is 4.89. The van der Waals surface area contributed by atoms with Gasteiger partial charge in [0.15, 0.2) is 0 Å². The summed E-state index contributed by atoms with van der Waals surface area (Å²) in [6, 6.07) is 11.8. The number of H-pyrrole nitrogens is 3. The van der Waals surface area contributed by atoms with Crippen molar-refractivity contribution in [2.24, 2.45) is 0 Å². The van der Waals surface area contributed by atoms with Crippen LogP contribution in [0.1, 0.15) is 40.2 Å². The Morgan fingerprint density at radius 2 is 1.73 bits per heavy atom. The van der Waals surface area contributed by atoms with Crippen LogP contribution >= 0.6 is 0 Å². The van der Waals surface area contributed by atoms with Crippen LogP contribution in [-0.4, -0.2) is 33.8 Å². The number of likely N-dealkylation sites (N-methyl/N-ethyl adjacent to an activating group) is 1. The summed E-state index contributed by atoms with van der Waals surface area (Å²) in [5.74, 6) is 0.125. The van der Waals surface area contributed by atoms with Crippen LogP contribution < -0.4 is 11.0 Å². The molecular weight excluding hydrogens is 376 g/mol. The van der Waals surface area contributed by atoms with Crippen molar-refractivity contribution in [2.75, 3.05) is 7.05 Å². The number of hydrogen-bond acceptors (Lipinski definition) is 3. The largest absolute Gasteiger partial charge is 0.360 e. The molecule has 160 valence electrons. The van der Waals surface area contributed by atoms with Gasteiger partial charge < -0.3 is 20.3 Å². The maximum atomic E-state index is 11.7. The highest BCUT2D eigenvalue weighted by Gasteiger charge is 2.16. The van der Waals surface area contributed by atoms with E-state index in [-0.39, 0.29) is 17.5 Å². The maximum absolute atomic E-state index is 11.7. The van der Waals surface area contributed by atoms with E-state index in [4.69, 9.17) is 0 Å². The lowest BCUT2D eigenvalue weighted by atomic mass is 9.98. The minimum Gasteiger partial charge on any atom is -0.360 e. The van der Waals surface area contributed by atoms with Gasteiger partial charge in [0.2, 0.25) is 0 Å². The molecule has 4 rings (SSSR count). The van der Waals surface area contributed by atoms with Gasteiger partial charge in [-0.05, 0) is 43.7 Å². The molecule has 0 bridgehead atoms. The molecule has 30 heavy (non-hydrogen) atoms. The number of benzene rings is 2. The molecule has 6 nitrogen and oxygen atoms in total. The number of carbonyl (C=O) groups excluding carboxylic acids is 1. The third-order valence-electron chi connectivity index (χ3n) is 4.89. The minimum absolute atomic E-state index is 0.125. The molecule has 4 aromatic rings. The molecule has 0 aliphatic heterocycles. The van der Waals surface area contributed by atoms with Gasteiger partial charge in [-0.1, -0.05) is 52.0 Å². The Balaban J connectivity index is 0.000000757. The number of aromatic nitrogens is 3. The van der Waals surface area contributed by atoms with Crippen molar-refractivity contribution in [3.8, 4) is 11.1 Å². The van der Waals surface area contributed by atoms with Gasteiger partial charge in [0.1, 0.15) is 5.78 Å². The van der Waals surface area contributed by atoms with Gasteiger partial charge >= 0.3 is 5.69 Å². The molecular formula is C24H32N4O2. The van der Waals surface area contributed by atoms with Gasteiger partial charge in [0.05, 0.1) is 22.6 Å². The predicted molar refractivity (Wildman–Crippen MR) is 126 cm³/mol. The standard InChI is InChI=1S/C20H20N4O2.2C2H6/c1-11(25)17(21-2)9-13-10-22-19-14(4-3-5-15(13)19)12-6-7-16-18(8-12)24-20(26)23-16;2*1-2/h3-8,10,17,21-22H,9H2,1-2H3,(H2,23,24,26);2*1-2H3. The third kappa shape index (κ3) is 4.71. The minimum atomic E-state index is -0.208. The van der Waals surface area contributed by atoms with E-state index >= 15 is 0 Å². The number of fused-ring (bicyclic) bond motifs is 2. The number of Topliss-reactive ketones (excluding diaryl/α,β-unsaturated/α-hetero) is 1. The van der Waals surface area contributed by atoms with Crippen molar-refractivity contribution in [1.82, 2.24) is 20.3 Å². The first-order valence-electron chi connectivity index (χ1n) is 10.6. The summed E-state index contributed by atoms with van der Waals surface area (Å²) in [5, 5.41) is 4.18. The number of ketones is 1. The molecule has 4 N–H and O–H groups in total. The SMILES string of the molecule is CC.CC.CNC(Cc1c[nH]c2c(-c3ccc4[nH]c(=O)[nH]c4c3)cccc12)C(C)=O. The van der Waals surface area contributed by atoms with Crippen molar-refractivity contribution in [1.29, 1.82) is 0 Å². The highest BCUT2D eigenvalue weighted by atomic mass is 16.1. The Bertz CT molecular complexity index is 1170. The predicted octanol–water partition coefficient (Wildman–Crippen LogP) is 4.78. The van der Waals surface area contributed by atoms with E-state index in [9.17, 15) is 9.59 Å². The number of aromatic amines is 3. The number of para-hydroxylation sites is 1. The first-order valence-corrected chi connectivity index (χ1v) is 10.6. The van der Waals surface area contributed by atoms with E-state index in [1.165, 1.54) is 0 Å². The first kappa shape index (κ1) is 23.2. The van der Waals surface area contributed by atoms with Crippen molar-refractivity contribution < 1.29 is 4.79 Å². The van der Waals surface area contributed by atoms with Crippen molar-refractivity contribution in [2.45, 2.75) is 47.1 Å². The normalized spacial score (nSPS) is 11.4. The van der Waals surface area contributed by atoms with E-state index in [2.05, 4.69) is 32.4 Å². The van der Waals surface area contributed by atoms with Crippen LogP contribution in [0.5, 0.6) is 0 Å². The quantitative estimate of drug-likeness (QED) is 0.383. The molecule has 0 radical (unpaired) electrons. The Morgan fingerprint density at radius 1 is 1.03 bits per heavy atom. The van der Waals surface area contributed by atoms with Gasteiger partial charge in [-0.25, -0.2) is 4.79 Å². The summed E-state index contributed by atoms with van der Waals surface area (Å²) >= 11 is 0. The molecule has 0 saturated heterocycles. The Morgan fingerprint density at radius 3 is 2.40 bits per heavy atom. The van der Waals surface area contributed by atoms with Gasteiger partial charge in [-0.2, -0.15) is 0 Å². The van der Waals surface area contributed by atoms with E-state index in [1.54, 1.807) is 14.0 Å². The van der Waals surface area contributed by atoms with Crippen LogP contribution in [0.3, 0.4) is 0 Å². The molecule has 1 unspecified atom stereocenters. The summed E-state index contributed by atoms with van der Waals surface area (Å²) in [4.78, 5) is 32.2. The van der Waals surface area contributed by atoms with Gasteiger partial charge in [0, 0.05) is 17.1 Å². The Kier molecular flexibility index (Phi) is 8.18. The van der Waals surface area contributed by atoms with Crippen molar-refractivity contribution in [3.63, 3.8) is 0 Å². The molecule has 0 spiro atoms. The maximum Gasteiger partial charge on any atom is 0.323 e. The molecule has 0 fully saturated rings. The van der Waals surface area contributed by atoms with Gasteiger partial charge in [-0.3, -0.25) is 4.79 Å². The first-order chi connectivity index (χ1) is 14.6. The molecule has 2 aromatic heterocycles. The Labute approximate surface area is 177 Å². The molecule has 0 amide bonds. The number of hydrogen-bond donors (Lipinski definition) is 4. The molecule has 2 aromatic carbocycles. The lowest BCUT2D eigenvalue weighted by Gasteiger charge is -2.12. The average molecular weight is 409 g/mol. The van der Waals surface area contributed by atoms with Crippen molar-refractivity contribution >= 4 is 27.7 Å². The zero-order valence-electron chi connectivity index (χ0n) is 18.6. The number of carbonyl (C=O) groups is 1. The van der Waals surface area contributed by atoms with Crippen LogP contribution in [0.2, 0.25) is 0 Å². The second-order valence-corrected chi connectivity index (χ2v) is 6.54.